The van der Waals surface area contributed by atoms with Crippen molar-refractivity contribution < 1.29 is 13.2 Å². The molecule has 0 bridgehead atoms. The van der Waals surface area contributed by atoms with Gasteiger partial charge in [-0.05, 0) is 49.2 Å². The largest absolute Gasteiger partial charge is 0.495 e. The van der Waals surface area contributed by atoms with Crippen LogP contribution in [0.3, 0.4) is 0 Å². The summed E-state index contributed by atoms with van der Waals surface area (Å²) >= 11 is 9.37. The van der Waals surface area contributed by atoms with Crippen molar-refractivity contribution in [3.63, 3.8) is 0 Å². The Morgan fingerprint density at radius 3 is 2.55 bits per heavy atom. The number of ether oxygens (including phenoxy) is 1. The maximum Gasteiger partial charge on any atom is 0.265 e. The molecule has 0 radical (unpaired) electrons. The van der Waals surface area contributed by atoms with Crippen LogP contribution in [-0.2, 0) is 10.0 Å². The summed E-state index contributed by atoms with van der Waals surface area (Å²) in [5.41, 5.74) is 1.99. The number of hydrogen-bond donors (Lipinski definition) is 1. The van der Waals surface area contributed by atoms with Gasteiger partial charge in [0.1, 0.15) is 10.6 Å². The molecule has 0 saturated heterocycles. The van der Waals surface area contributed by atoms with Crippen LogP contribution in [0.15, 0.2) is 39.7 Å². The third kappa shape index (κ3) is 3.39. The summed E-state index contributed by atoms with van der Waals surface area (Å²) in [6.45, 7) is 3.61. The first-order valence-corrected chi connectivity index (χ1v) is 9.03. The van der Waals surface area contributed by atoms with Gasteiger partial charge >= 0.3 is 0 Å². The van der Waals surface area contributed by atoms with Gasteiger partial charge in [0.05, 0.1) is 12.8 Å². The molecule has 0 aliphatic carbocycles. The van der Waals surface area contributed by atoms with Crippen molar-refractivity contribution in [2.45, 2.75) is 18.7 Å². The van der Waals surface area contributed by atoms with Gasteiger partial charge in [-0.2, -0.15) is 0 Å². The summed E-state index contributed by atoms with van der Waals surface area (Å²) in [7, 11) is -2.36. The number of halogens is 2. The number of nitrogens with one attached hydrogen (secondary N) is 1. The Labute approximate surface area is 143 Å². The second-order valence-corrected chi connectivity index (χ2v) is 7.68. The Morgan fingerprint density at radius 1 is 1.23 bits per heavy atom. The van der Waals surface area contributed by atoms with Gasteiger partial charge in [0.15, 0.2) is 0 Å². The maximum absolute atomic E-state index is 12.7. The van der Waals surface area contributed by atoms with Crippen molar-refractivity contribution in [3.05, 3.63) is 51.0 Å². The zero-order valence-corrected chi connectivity index (χ0v) is 15.4. The SMILES string of the molecule is COc1cc(C)c(Br)cc1S(=O)(=O)Nc1cccc(Cl)c1C. The summed E-state index contributed by atoms with van der Waals surface area (Å²) < 4.78 is 33.7. The number of sulfonamides is 1. The van der Waals surface area contributed by atoms with Gasteiger partial charge in [-0.3, -0.25) is 4.72 Å². The lowest BCUT2D eigenvalue weighted by molar-refractivity contribution is 0.402. The van der Waals surface area contributed by atoms with E-state index in [4.69, 9.17) is 16.3 Å². The monoisotopic (exact) mass is 403 g/mol. The van der Waals surface area contributed by atoms with E-state index in [0.29, 0.717) is 20.7 Å². The highest BCUT2D eigenvalue weighted by Gasteiger charge is 2.22. The third-order valence-corrected chi connectivity index (χ3v) is 5.90. The van der Waals surface area contributed by atoms with Crippen LogP contribution in [0.5, 0.6) is 5.75 Å². The summed E-state index contributed by atoms with van der Waals surface area (Å²) in [5, 5.41) is 0.497. The van der Waals surface area contributed by atoms with Crippen molar-refractivity contribution in [3.8, 4) is 5.75 Å². The number of aryl methyl sites for hydroxylation is 1. The van der Waals surface area contributed by atoms with E-state index in [1.54, 1.807) is 31.2 Å². The highest BCUT2D eigenvalue weighted by Crippen LogP contribution is 2.32. The molecular formula is C15H15BrClNO3S. The van der Waals surface area contributed by atoms with Crippen LogP contribution in [0.1, 0.15) is 11.1 Å². The number of hydrogen-bond acceptors (Lipinski definition) is 3. The first-order valence-electron chi connectivity index (χ1n) is 6.38. The molecule has 0 aromatic heterocycles. The van der Waals surface area contributed by atoms with Crippen LogP contribution in [-0.4, -0.2) is 15.5 Å². The molecule has 118 valence electrons. The normalized spacial score (nSPS) is 11.3. The van der Waals surface area contributed by atoms with E-state index in [-0.39, 0.29) is 10.6 Å². The summed E-state index contributed by atoms with van der Waals surface area (Å²) in [4.78, 5) is 0.0619. The minimum atomic E-state index is -3.80. The quantitative estimate of drug-likeness (QED) is 0.814. The molecule has 7 heteroatoms. The predicted octanol–water partition coefficient (Wildman–Crippen LogP) is 4.53. The fourth-order valence-corrected chi connectivity index (χ4v) is 3.89. The molecule has 1 N–H and O–H groups in total. The minimum absolute atomic E-state index is 0.0619. The predicted molar refractivity (Wildman–Crippen MR) is 92.4 cm³/mol. The molecule has 2 rings (SSSR count). The van der Waals surface area contributed by atoms with Crippen LogP contribution in [0.25, 0.3) is 0 Å². The lowest BCUT2D eigenvalue weighted by Crippen LogP contribution is -2.15. The lowest BCUT2D eigenvalue weighted by Gasteiger charge is -2.15. The van der Waals surface area contributed by atoms with Crippen LogP contribution >= 0.6 is 27.5 Å². The Morgan fingerprint density at radius 2 is 1.91 bits per heavy atom. The number of benzene rings is 2. The summed E-state index contributed by atoms with van der Waals surface area (Å²) in [6.07, 6.45) is 0. The smallest absolute Gasteiger partial charge is 0.265 e. The minimum Gasteiger partial charge on any atom is -0.495 e. The zero-order valence-electron chi connectivity index (χ0n) is 12.3. The average molecular weight is 405 g/mol. The number of rotatable bonds is 4. The third-order valence-electron chi connectivity index (χ3n) is 3.25. The molecule has 0 amide bonds. The molecule has 0 aliphatic heterocycles. The standard InChI is InChI=1S/C15H15BrClNO3S/c1-9-7-14(21-3)15(8-11(9)16)22(19,20)18-13-6-4-5-12(17)10(13)2/h4-8,18H,1-3H3. The molecule has 0 fully saturated rings. The maximum atomic E-state index is 12.7. The number of methoxy groups -OCH3 is 1. The van der Waals surface area contributed by atoms with E-state index in [1.807, 2.05) is 6.92 Å². The zero-order chi connectivity index (χ0) is 16.5. The van der Waals surface area contributed by atoms with Crippen LogP contribution < -0.4 is 9.46 Å². The molecule has 0 spiro atoms. The van der Waals surface area contributed by atoms with Gasteiger partial charge < -0.3 is 4.74 Å². The molecular weight excluding hydrogens is 390 g/mol. The molecule has 0 aliphatic rings. The molecule has 22 heavy (non-hydrogen) atoms. The van der Waals surface area contributed by atoms with E-state index in [9.17, 15) is 8.42 Å². The van der Waals surface area contributed by atoms with Gasteiger partial charge in [0, 0.05) is 9.50 Å². The van der Waals surface area contributed by atoms with Crippen molar-refractivity contribution in [2.24, 2.45) is 0 Å². The van der Waals surface area contributed by atoms with Gasteiger partial charge in [-0.15, -0.1) is 0 Å². The first kappa shape index (κ1) is 17.1. The molecule has 2 aromatic rings. The fourth-order valence-electron chi connectivity index (χ4n) is 1.92. The average Bonchev–Trinajstić information content (AvgIpc) is 2.46. The van der Waals surface area contributed by atoms with E-state index in [0.717, 1.165) is 5.56 Å². The Balaban J connectivity index is 2.52. The topological polar surface area (TPSA) is 55.4 Å². The van der Waals surface area contributed by atoms with Gasteiger partial charge in [-0.1, -0.05) is 33.6 Å². The Kier molecular flexibility index (Phi) is 5.04. The fraction of sp³-hybridized carbons (Fsp3) is 0.200. The van der Waals surface area contributed by atoms with Crippen molar-refractivity contribution >= 4 is 43.2 Å². The molecule has 0 heterocycles. The van der Waals surface area contributed by atoms with Crippen LogP contribution in [0.2, 0.25) is 5.02 Å². The second-order valence-electron chi connectivity index (χ2n) is 4.77. The van der Waals surface area contributed by atoms with Crippen molar-refractivity contribution in [2.75, 3.05) is 11.8 Å². The highest BCUT2D eigenvalue weighted by molar-refractivity contribution is 9.10. The van der Waals surface area contributed by atoms with E-state index in [1.165, 1.54) is 13.2 Å². The van der Waals surface area contributed by atoms with Crippen molar-refractivity contribution in [1.82, 2.24) is 0 Å². The molecule has 0 unspecified atom stereocenters. The first-order chi connectivity index (χ1) is 10.3. The Hall–Kier alpha value is -1.24. The van der Waals surface area contributed by atoms with Gasteiger partial charge in [0.2, 0.25) is 0 Å². The molecule has 0 atom stereocenters. The van der Waals surface area contributed by atoms with Crippen LogP contribution in [0.4, 0.5) is 5.69 Å². The number of anilines is 1. The van der Waals surface area contributed by atoms with Gasteiger partial charge in [0.25, 0.3) is 10.0 Å². The van der Waals surface area contributed by atoms with E-state index < -0.39 is 10.0 Å². The van der Waals surface area contributed by atoms with Crippen LogP contribution in [0, 0.1) is 13.8 Å². The Bertz CT molecular complexity index is 822. The second kappa shape index (κ2) is 6.48. The molecule has 4 nitrogen and oxygen atoms in total. The lowest BCUT2D eigenvalue weighted by atomic mass is 10.2. The van der Waals surface area contributed by atoms with E-state index in [2.05, 4.69) is 20.7 Å². The van der Waals surface area contributed by atoms with Crippen molar-refractivity contribution in [1.29, 1.82) is 0 Å². The summed E-state index contributed by atoms with van der Waals surface area (Å²) in [6, 6.07) is 8.25. The van der Waals surface area contributed by atoms with Gasteiger partial charge in [-0.25, -0.2) is 8.42 Å². The molecule has 0 saturated carbocycles. The summed E-state index contributed by atoms with van der Waals surface area (Å²) in [5.74, 6) is 0.285. The van der Waals surface area contributed by atoms with E-state index >= 15 is 0 Å². The molecule has 2 aromatic carbocycles. The highest BCUT2D eigenvalue weighted by atomic mass is 79.9.